The van der Waals surface area contributed by atoms with Crippen LogP contribution in [0.5, 0.6) is 0 Å². The zero-order chi connectivity index (χ0) is 11.5. The van der Waals surface area contributed by atoms with Crippen LogP contribution in [0.25, 0.3) is 11.3 Å². The molecule has 0 atom stereocenters. The first-order valence-corrected chi connectivity index (χ1v) is 5.43. The second-order valence-electron chi connectivity index (χ2n) is 3.98. The highest BCUT2D eigenvalue weighted by molar-refractivity contribution is 5.62. The van der Waals surface area contributed by atoms with Crippen molar-refractivity contribution in [3.05, 3.63) is 41.4 Å². The van der Waals surface area contributed by atoms with Gasteiger partial charge in [0, 0.05) is 18.5 Å². The lowest BCUT2D eigenvalue weighted by Gasteiger charge is -2.03. The van der Waals surface area contributed by atoms with Crippen molar-refractivity contribution >= 4 is 0 Å². The summed E-state index contributed by atoms with van der Waals surface area (Å²) in [5, 5.41) is 0. The molecule has 0 aliphatic heterocycles. The van der Waals surface area contributed by atoms with E-state index in [2.05, 4.69) is 37.0 Å². The van der Waals surface area contributed by atoms with Crippen LogP contribution in [0.1, 0.15) is 17.0 Å². The molecule has 2 N–H and O–H groups in total. The normalized spacial score (nSPS) is 10.7. The van der Waals surface area contributed by atoms with Gasteiger partial charge in [0.2, 0.25) is 0 Å². The summed E-state index contributed by atoms with van der Waals surface area (Å²) in [5.74, 6) is 1.53. The van der Waals surface area contributed by atoms with Crippen molar-refractivity contribution in [1.29, 1.82) is 0 Å². The van der Waals surface area contributed by atoms with E-state index in [-0.39, 0.29) is 0 Å². The Morgan fingerprint density at radius 3 is 2.88 bits per heavy atom. The minimum Gasteiger partial charge on any atom is -0.441 e. The lowest BCUT2D eigenvalue weighted by Crippen LogP contribution is -2.02. The third kappa shape index (κ3) is 2.14. The number of rotatable bonds is 3. The molecule has 0 saturated heterocycles. The molecule has 0 amide bonds. The molecule has 84 valence electrons. The first kappa shape index (κ1) is 10.9. The molecule has 0 aliphatic rings. The van der Waals surface area contributed by atoms with E-state index >= 15 is 0 Å². The average molecular weight is 216 g/mol. The fraction of sp³-hybridized carbons (Fsp3) is 0.308. The molecular formula is C13H16N2O. The van der Waals surface area contributed by atoms with Crippen LogP contribution in [0, 0.1) is 13.8 Å². The Morgan fingerprint density at radius 1 is 1.31 bits per heavy atom. The van der Waals surface area contributed by atoms with Gasteiger partial charge < -0.3 is 10.2 Å². The molecule has 1 heterocycles. The molecule has 0 radical (unpaired) electrons. The van der Waals surface area contributed by atoms with Crippen molar-refractivity contribution in [2.24, 2.45) is 5.73 Å². The van der Waals surface area contributed by atoms with E-state index in [0.29, 0.717) is 18.9 Å². The summed E-state index contributed by atoms with van der Waals surface area (Å²) in [7, 11) is 0. The second kappa shape index (κ2) is 4.49. The average Bonchev–Trinajstić information content (AvgIpc) is 2.71. The van der Waals surface area contributed by atoms with Crippen LogP contribution in [-0.4, -0.2) is 11.5 Å². The first-order chi connectivity index (χ1) is 7.70. The highest BCUT2D eigenvalue weighted by Crippen LogP contribution is 2.25. The van der Waals surface area contributed by atoms with Crippen LogP contribution in [0.15, 0.2) is 28.8 Å². The molecule has 1 aromatic heterocycles. The van der Waals surface area contributed by atoms with Gasteiger partial charge in [0.25, 0.3) is 0 Å². The van der Waals surface area contributed by atoms with Crippen molar-refractivity contribution in [3.8, 4) is 11.3 Å². The molecule has 0 spiro atoms. The van der Waals surface area contributed by atoms with Crippen molar-refractivity contribution in [1.82, 2.24) is 4.98 Å². The zero-order valence-electron chi connectivity index (χ0n) is 9.66. The molecule has 3 heteroatoms. The van der Waals surface area contributed by atoms with Crippen LogP contribution in [0.3, 0.4) is 0 Å². The van der Waals surface area contributed by atoms with Gasteiger partial charge in [-0.1, -0.05) is 17.7 Å². The lowest BCUT2D eigenvalue weighted by atomic mass is 10.0. The summed E-state index contributed by atoms with van der Waals surface area (Å²) >= 11 is 0. The summed E-state index contributed by atoms with van der Waals surface area (Å²) in [6.07, 6.45) is 2.46. The minimum atomic E-state index is 0.562. The van der Waals surface area contributed by atoms with E-state index in [1.807, 2.05) is 0 Å². The van der Waals surface area contributed by atoms with E-state index in [1.165, 1.54) is 11.1 Å². The van der Waals surface area contributed by atoms with Crippen LogP contribution < -0.4 is 5.73 Å². The number of hydrogen-bond acceptors (Lipinski definition) is 3. The van der Waals surface area contributed by atoms with Crippen LogP contribution in [-0.2, 0) is 6.42 Å². The maximum atomic E-state index is 5.65. The summed E-state index contributed by atoms with van der Waals surface area (Å²) in [6.45, 7) is 4.70. The summed E-state index contributed by atoms with van der Waals surface area (Å²) in [6, 6.07) is 6.30. The van der Waals surface area contributed by atoms with Gasteiger partial charge >= 0.3 is 0 Å². The van der Waals surface area contributed by atoms with Gasteiger partial charge in [-0.3, -0.25) is 0 Å². The molecule has 0 unspecified atom stereocenters. The van der Waals surface area contributed by atoms with Gasteiger partial charge in [-0.2, -0.15) is 0 Å². The maximum Gasteiger partial charge on any atom is 0.196 e. The maximum absolute atomic E-state index is 5.65. The predicted molar refractivity (Wildman–Crippen MR) is 64.2 cm³/mol. The molecular weight excluding hydrogens is 200 g/mol. The van der Waals surface area contributed by atoms with E-state index in [1.54, 1.807) is 6.20 Å². The molecule has 2 rings (SSSR count). The molecule has 0 fully saturated rings. The van der Waals surface area contributed by atoms with Crippen molar-refractivity contribution < 1.29 is 4.42 Å². The Kier molecular flexibility index (Phi) is 3.06. The Hall–Kier alpha value is -1.61. The fourth-order valence-electron chi connectivity index (χ4n) is 1.68. The topological polar surface area (TPSA) is 52.0 Å². The van der Waals surface area contributed by atoms with Crippen LogP contribution >= 0.6 is 0 Å². The molecule has 2 aromatic rings. The number of aryl methyl sites for hydroxylation is 2. The monoisotopic (exact) mass is 216 g/mol. The van der Waals surface area contributed by atoms with Crippen LogP contribution in [0.4, 0.5) is 0 Å². The van der Waals surface area contributed by atoms with Crippen molar-refractivity contribution in [3.63, 3.8) is 0 Å². The molecule has 0 bridgehead atoms. The van der Waals surface area contributed by atoms with Gasteiger partial charge in [0.05, 0.1) is 6.20 Å². The summed E-state index contributed by atoms with van der Waals surface area (Å²) in [4.78, 5) is 4.21. The number of oxazole rings is 1. The number of hydrogen-bond donors (Lipinski definition) is 1. The Morgan fingerprint density at radius 2 is 2.12 bits per heavy atom. The van der Waals surface area contributed by atoms with Gasteiger partial charge in [-0.15, -0.1) is 0 Å². The molecule has 16 heavy (non-hydrogen) atoms. The third-order valence-electron chi connectivity index (χ3n) is 2.57. The minimum absolute atomic E-state index is 0.562. The Balaban J connectivity index is 2.38. The lowest BCUT2D eigenvalue weighted by molar-refractivity contribution is 0.507. The SMILES string of the molecule is Cc1ccc(C)c(-c2cnc(CCN)o2)c1. The second-order valence-corrected chi connectivity index (χ2v) is 3.98. The molecule has 0 saturated carbocycles. The van der Waals surface area contributed by atoms with E-state index in [4.69, 9.17) is 10.2 Å². The number of nitrogens with zero attached hydrogens (tertiary/aromatic N) is 1. The van der Waals surface area contributed by atoms with E-state index in [9.17, 15) is 0 Å². The highest BCUT2D eigenvalue weighted by atomic mass is 16.4. The Labute approximate surface area is 95.3 Å². The van der Waals surface area contributed by atoms with Gasteiger partial charge in [0.15, 0.2) is 11.7 Å². The molecule has 1 aromatic carbocycles. The largest absolute Gasteiger partial charge is 0.441 e. The summed E-state index contributed by atoms with van der Waals surface area (Å²) < 4.78 is 5.65. The smallest absolute Gasteiger partial charge is 0.196 e. The van der Waals surface area contributed by atoms with Crippen molar-refractivity contribution in [2.45, 2.75) is 20.3 Å². The number of benzene rings is 1. The highest BCUT2D eigenvalue weighted by Gasteiger charge is 2.08. The zero-order valence-corrected chi connectivity index (χ0v) is 9.66. The van der Waals surface area contributed by atoms with Crippen LogP contribution in [0.2, 0.25) is 0 Å². The Bertz CT molecular complexity index is 488. The van der Waals surface area contributed by atoms with E-state index in [0.717, 1.165) is 11.3 Å². The van der Waals surface area contributed by atoms with E-state index < -0.39 is 0 Å². The predicted octanol–water partition coefficient (Wildman–Crippen LogP) is 2.46. The fourth-order valence-corrected chi connectivity index (χ4v) is 1.68. The quantitative estimate of drug-likeness (QED) is 0.857. The number of nitrogens with two attached hydrogens (primary N) is 1. The third-order valence-corrected chi connectivity index (χ3v) is 2.57. The molecule has 0 aliphatic carbocycles. The standard InChI is InChI=1S/C13H16N2O/c1-9-3-4-10(2)11(7-9)12-8-15-13(16-12)5-6-14/h3-4,7-8H,5-6,14H2,1-2H3. The van der Waals surface area contributed by atoms with Crippen molar-refractivity contribution in [2.75, 3.05) is 6.54 Å². The van der Waals surface area contributed by atoms with Gasteiger partial charge in [-0.25, -0.2) is 4.98 Å². The van der Waals surface area contributed by atoms with Gasteiger partial charge in [0.1, 0.15) is 0 Å². The number of aromatic nitrogens is 1. The summed E-state index contributed by atoms with van der Waals surface area (Å²) in [5.41, 5.74) is 8.98. The molecule has 3 nitrogen and oxygen atoms in total. The first-order valence-electron chi connectivity index (χ1n) is 5.43. The van der Waals surface area contributed by atoms with Gasteiger partial charge in [-0.05, 0) is 25.5 Å².